The Kier molecular flexibility index (Phi) is 6.33. The average Bonchev–Trinajstić information content (AvgIpc) is 2.61. The number of ether oxygens (including phenoxy) is 1. The number of morpholine rings is 1. The summed E-state index contributed by atoms with van der Waals surface area (Å²) in [7, 11) is 0. The zero-order chi connectivity index (χ0) is 18.7. The zero-order valence-corrected chi connectivity index (χ0v) is 16.4. The minimum atomic E-state index is 0.118. The quantitative estimate of drug-likeness (QED) is 0.897. The molecule has 5 nitrogen and oxygen atoms in total. The lowest BCUT2D eigenvalue weighted by molar-refractivity contribution is -0.0704. The van der Waals surface area contributed by atoms with E-state index >= 15 is 0 Å². The topological polar surface area (TPSA) is 58.8 Å². The van der Waals surface area contributed by atoms with Gasteiger partial charge in [-0.05, 0) is 50.3 Å². The number of nitrogens with two attached hydrogens (primary N) is 1. The summed E-state index contributed by atoms with van der Waals surface area (Å²) in [6.07, 6.45) is 2.62. The summed E-state index contributed by atoms with van der Waals surface area (Å²) in [5.41, 5.74) is 7.92. The molecule has 5 heteroatoms. The van der Waals surface area contributed by atoms with Crippen molar-refractivity contribution >= 4 is 5.91 Å². The molecular weight excluding hydrogens is 326 g/mol. The lowest BCUT2D eigenvalue weighted by Gasteiger charge is -2.38. The number of carbonyl (C=O) groups is 1. The van der Waals surface area contributed by atoms with Crippen LogP contribution in [0.1, 0.15) is 49.5 Å². The van der Waals surface area contributed by atoms with Crippen LogP contribution in [0.4, 0.5) is 0 Å². The Morgan fingerprint density at radius 2 is 1.81 bits per heavy atom. The normalized spacial score (nSPS) is 30.4. The fourth-order valence-corrected chi connectivity index (χ4v) is 4.33. The summed E-state index contributed by atoms with van der Waals surface area (Å²) >= 11 is 0. The first kappa shape index (κ1) is 19.3. The van der Waals surface area contributed by atoms with E-state index in [2.05, 4.69) is 37.8 Å². The molecular formula is C21H33N3O2. The number of amides is 1. The predicted octanol–water partition coefficient (Wildman–Crippen LogP) is 2.50. The molecule has 3 rings (SSSR count). The minimum Gasteiger partial charge on any atom is -0.373 e. The summed E-state index contributed by atoms with van der Waals surface area (Å²) < 4.78 is 5.80. The second-order valence-corrected chi connectivity index (χ2v) is 8.17. The van der Waals surface area contributed by atoms with E-state index in [1.165, 1.54) is 5.56 Å². The van der Waals surface area contributed by atoms with Crippen molar-refractivity contribution in [3.05, 3.63) is 35.4 Å². The van der Waals surface area contributed by atoms with Crippen LogP contribution in [0.3, 0.4) is 0 Å². The van der Waals surface area contributed by atoms with Crippen LogP contribution in [0, 0.1) is 5.92 Å². The molecule has 0 aliphatic carbocycles. The standard InChI is InChI=1S/C21H33N3O2/c1-15-8-9-24(20(10-15)11-22)21(25)19-6-4-18(5-7-19)14-23-12-16(2)26-17(3)13-23/h4-7,15-17,20H,8-14,22H2,1-3H3. The Morgan fingerprint density at radius 1 is 1.15 bits per heavy atom. The number of hydrogen-bond acceptors (Lipinski definition) is 4. The van der Waals surface area contributed by atoms with Crippen molar-refractivity contribution in [1.82, 2.24) is 9.80 Å². The van der Waals surface area contributed by atoms with Gasteiger partial charge in [-0.3, -0.25) is 9.69 Å². The van der Waals surface area contributed by atoms with Crippen LogP contribution in [-0.4, -0.2) is 60.1 Å². The van der Waals surface area contributed by atoms with Gasteiger partial charge >= 0.3 is 0 Å². The van der Waals surface area contributed by atoms with E-state index in [0.717, 1.165) is 44.6 Å². The number of hydrogen-bond donors (Lipinski definition) is 1. The first-order valence-corrected chi connectivity index (χ1v) is 9.94. The molecule has 26 heavy (non-hydrogen) atoms. The van der Waals surface area contributed by atoms with E-state index in [-0.39, 0.29) is 24.2 Å². The molecule has 2 N–H and O–H groups in total. The Hall–Kier alpha value is -1.43. The third-order valence-corrected chi connectivity index (χ3v) is 5.61. The lowest BCUT2D eigenvalue weighted by Crippen LogP contribution is -2.49. The molecule has 0 aromatic heterocycles. The smallest absolute Gasteiger partial charge is 0.254 e. The van der Waals surface area contributed by atoms with Crippen LogP contribution in [0.15, 0.2) is 24.3 Å². The SMILES string of the molecule is CC1CCN(C(=O)c2ccc(CN3CC(C)OC(C)C3)cc2)C(CN)C1. The van der Waals surface area contributed by atoms with Gasteiger partial charge in [0.25, 0.3) is 5.91 Å². The molecule has 0 saturated carbocycles. The van der Waals surface area contributed by atoms with Crippen LogP contribution >= 0.6 is 0 Å². The maximum atomic E-state index is 12.9. The molecule has 2 heterocycles. The van der Waals surface area contributed by atoms with E-state index in [1.54, 1.807) is 0 Å². The van der Waals surface area contributed by atoms with Crippen molar-refractivity contribution < 1.29 is 9.53 Å². The Balaban J connectivity index is 1.62. The van der Waals surface area contributed by atoms with E-state index in [4.69, 9.17) is 10.5 Å². The van der Waals surface area contributed by atoms with Gasteiger partial charge in [0.1, 0.15) is 0 Å². The van der Waals surface area contributed by atoms with Gasteiger partial charge in [-0.2, -0.15) is 0 Å². The van der Waals surface area contributed by atoms with Gasteiger partial charge in [0.2, 0.25) is 0 Å². The highest BCUT2D eigenvalue weighted by Gasteiger charge is 2.29. The van der Waals surface area contributed by atoms with Gasteiger partial charge in [-0.1, -0.05) is 19.1 Å². The van der Waals surface area contributed by atoms with Crippen LogP contribution in [0.2, 0.25) is 0 Å². The average molecular weight is 360 g/mol. The van der Waals surface area contributed by atoms with Gasteiger partial charge in [0.15, 0.2) is 0 Å². The predicted molar refractivity (Wildman–Crippen MR) is 104 cm³/mol. The van der Waals surface area contributed by atoms with Crippen LogP contribution in [0.5, 0.6) is 0 Å². The van der Waals surface area contributed by atoms with Gasteiger partial charge < -0.3 is 15.4 Å². The van der Waals surface area contributed by atoms with Gasteiger partial charge in [-0.15, -0.1) is 0 Å². The maximum Gasteiger partial charge on any atom is 0.254 e. The molecule has 2 aliphatic heterocycles. The minimum absolute atomic E-state index is 0.118. The lowest BCUT2D eigenvalue weighted by atomic mass is 9.92. The maximum absolute atomic E-state index is 12.9. The van der Waals surface area contributed by atoms with Crippen LogP contribution in [0.25, 0.3) is 0 Å². The molecule has 4 atom stereocenters. The number of benzene rings is 1. The second kappa shape index (κ2) is 8.51. The third kappa shape index (κ3) is 4.64. The summed E-state index contributed by atoms with van der Waals surface area (Å²) in [4.78, 5) is 17.3. The van der Waals surface area contributed by atoms with Crippen molar-refractivity contribution in [3.63, 3.8) is 0 Å². The number of likely N-dealkylation sites (tertiary alicyclic amines) is 1. The molecule has 2 fully saturated rings. The van der Waals surface area contributed by atoms with E-state index in [9.17, 15) is 4.79 Å². The summed E-state index contributed by atoms with van der Waals surface area (Å²) in [6, 6.07) is 8.28. The summed E-state index contributed by atoms with van der Waals surface area (Å²) in [6.45, 7) is 10.7. The second-order valence-electron chi connectivity index (χ2n) is 8.17. The highest BCUT2D eigenvalue weighted by Crippen LogP contribution is 2.24. The largest absolute Gasteiger partial charge is 0.373 e. The van der Waals surface area contributed by atoms with E-state index in [0.29, 0.717) is 12.5 Å². The number of piperidine rings is 1. The third-order valence-electron chi connectivity index (χ3n) is 5.61. The zero-order valence-electron chi connectivity index (χ0n) is 16.4. The first-order valence-electron chi connectivity index (χ1n) is 9.94. The number of nitrogens with zero attached hydrogens (tertiary/aromatic N) is 2. The van der Waals surface area contributed by atoms with Gasteiger partial charge in [-0.25, -0.2) is 0 Å². The Labute approximate surface area is 157 Å². The van der Waals surface area contributed by atoms with Gasteiger partial charge in [0.05, 0.1) is 12.2 Å². The molecule has 4 unspecified atom stereocenters. The van der Waals surface area contributed by atoms with Crippen LogP contribution in [-0.2, 0) is 11.3 Å². The Bertz CT molecular complexity index is 594. The monoisotopic (exact) mass is 359 g/mol. The molecule has 1 aromatic rings. The molecule has 1 amide bonds. The van der Waals surface area contributed by atoms with Crippen LogP contribution < -0.4 is 5.73 Å². The molecule has 0 spiro atoms. The van der Waals surface area contributed by atoms with Crippen molar-refractivity contribution in [2.75, 3.05) is 26.2 Å². The van der Waals surface area contributed by atoms with Gasteiger partial charge in [0, 0.05) is 44.3 Å². The fraction of sp³-hybridized carbons (Fsp3) is 0.667. The molecule has 0 radical (unpaired) electrons. The fourth-order valence-electron chi connectivity index (χ4n) is 4.33. The first-order chi connectivity index (χ1) is 12.5. The molecule has 144 valence electrons. The summed E-state index contributed by atoms with van der Waals surface area (Å²) in [5, 5.41) is 0. The number of carbonyl (C=O) groups excluding carboxylic acids is 1. The van der Waals surface area contributed by atoms with Crippen molar-refractivity contribution in [2.24, 2.45) is 11.7 Å². The molecule has 1 aromatic carbocycles. The highest BCUT2D eigenvalue weighted by atomic mass is 16.5. The van der Waals surface area contributed by atoms with Crippen molar-refractivity contribution in [3.8, 4) is 0 Å². The van der Waals surface area contributed by atoms with Crippen molar-refractivity contribution in [1.29, 1.82) is 0 Å². The molecule has 0 bridgehead atoms. The Morgan fingerprint density at radius 3 is 2.42 bits per heavy atom. The molecule has 2 aliphatic rings. The van der Waals surface area contributed by atoms with Crippen molar-refractivity contribution in [2.45, 2.75) is 58.4 Å². The number of rotatable bonds is 4. The highest BCUT2D eigenvalue weighted by molar-refractivity contribution is 5.94. The molecule has 2 saturated heterocycles. The van der Waals surface area contributed by atoms with E-state index < -0.39 is 0 Å². The summed E-state index contributed by atoms with van der Waals surface area (Å²) in [5.74, 6) is 0.765. The van der Waals surface area contributed by atoms with E-state index in [1.807, 2.05) is 17.0 Å².